The van der Waals surface area contributed by atoms with E-state index in [0.717, 1.165) is 48.6 Å². The first-order chi connectivity index (χ1) is 12.4. The fraction of sp³-hybridized carbons (Fsp3) is 0.500. The van der Waals surface area contributed by atoms with Crippen molar-refractivity contribution in [2.75, 3.05) is 18.4 Å². The predicted molar refractivity (Wildman–Crippen MR) is 103 cm³/mol. The molecule has 3 N–H and O–H groups in total. The minimum Gasteiger partial charge on any atom is -0.365 e. The Balaban J connectivity index is 1.90. The summed E-state index contributed by atoms with van der Waals surface area (Å²) in [5.41, 5.74) is 8.36. The molecule has 2 amide bonds. The van der Waals surface area contributed by atoms with Crippen molar-refractivity contribution < 1.29 is 9.59 Å². The summed E-state index contributed by atoms with van der Waals surface area (Å²) in [4.78, 5) is 28.3. The highest BCUT2D eigenvalue weighted by Gasteiger charge is 2.28. The Morgan fingerprint density at radius 2 is 2.15 bits per heavy atom. The summed E-state index contributed by atoms with van der Waals surface area (Å²) in [6, 6.07) is 1.75. The van der Waals surface area contributed by atoms with Gasteiger partial charge in [-0.2, -0.15) is 5.10 Å². The lowest BCUT2D eigenvalue weighted by Gasteiger charge is -2.26. The molecule has 26 heavy (non-hydrogen) atoms. The zero-order valence-corrected chi connectivity index (χ0v) is 16.3. The average molecular weight is 375 g/mol. The van der Waals surface area contributed by atoms with Gasteiger partial charge in [0.25, 0.3) is 11.8 Å². The number of thiophene rings is 1. The van der Waals surface area contributed by atoms with E-state index in [1.54, 1.807) is 10.7 Å². The Morgan fingerprint density at radius 3 is 2.81 bits per heavy atom. The number of anilines is 1. The van der Waals surface area contributed by atoms with Crippen molar-refractivity contribution in [1.29, 1.82) is 0 Å². The molecule has 3 rings (SSSR count). The fourth-order valence-corrected chi connectivity index (χ4v) is 4.74. The second-order valence-electron chi connectivity index (χ2n) is 6.54. The highest BCUT2D eigenvalue weighted by atomic mass is 32.1. The molecular formula is C18H25N5O2S. The van der Waals surface area contributed by atoms with Crippen LogP contribution in [0.4, 0.5) is 5.00 Å². The quantitative estimate of drug-likeness (QED) is 0.811. The van der Waals surface area contributed by atoms with Gasteiger partial charge in [0.05, 0.1) is 11.3 Å². The Bertz CT molecular complexity index is 839. The first kappa shape index (κ1) is 18.6. The lowest BCUT2D eigenvalue weighted by atomic mass is 10.0. The molecule has 0 fully saturated rings. The molecule has 3 heterocycles. The summed E-state index contributed by atoms with van der Waals surface area (Å²) in [6.07, 6.45) is 1.87. The van der Waals surface area contributed by atoms with Gasteiger partial charge >= 0.3 is 0 Å². The van der Waals surface area contributed by atoms with Crippen molar-refractivity contribution in [3.05, 3.63) is 33.5 Å². The number of nitrogens with zero attached hydrogens (tertiary/aromatic N) is 3. The number of aryl methyl sites for hydroxylation is 2. The molecule has 1 aliphatic rings. The first-order valence-electron chi connectivity index (χ1n) is 8.97. The molecular weight excluding hydrogens is 350 g/mol. The van der Waals surface area contributed by atoms with Crippen LogP contribution in [0.15, 0.2) is 6.07 Å². The topological polar surface area (TPSA) is 93.2 Å². The van der Waals surface area contributed by atoms with Gasteiger partial charge in [0, 0.05) is 24.5 Å². The molecule has 0 aliphatic carbocycles. The van der Waals surface area contributed by atoms with Gasteiger partial charge < -0.3 is 11.1 Å². The Labute approximate surface area is 157 Å². The maximum absolute atomic E-state index is 12.7. The van der Waals surface area contributed by atoms with E-state index in [-0.39, 0.29) is 5.91 Å². The van der Waals surface area contributed by atoms with Crippen LogP contribution >= 0.6 is 11.3 Å². The van der Waals surface area contributed by atoms with Crippen molar-refractivity contribution in [3.63, 3.8) is 0 Å². The van der Waals surface area contributed by atoms with Gasteiger partial charge in [-0.25, -0.2) is 0 Å². The van der Waals surface area contributed by atoms with Gasteiger partial charge in [-0.3, -0.25) is 19.2 Å². The number of primary amides is 1. The molecule has 7 nitrogen and oxygen atoms in total. The van der Waals surface area contributed by atoms with Crippen LogP contribution in [0.1, 0.15) is 57.2 Å². The van der Waals surface area contributed by atoms with E-state index in [0.29, 0.717) is 22.8 Å². The molecule has 0 bridgehead atoms. The summed E-state index contributed by atoms with van der Waals surface area (Å²) < 4.78 is 1.66. The summed E-state index contributed by atoms with van der Waals surface area (Å²) >= 11 is 1.46. The maximum Gasteiger partial charge on any atom is 0.274 e. The lowest BCUT2D eigenvalue weighted by molar-refractivity contribution is 0.1000. The third-order valence-electron chi connectivity index (χ3n) is 4.58. The second kappa shape index (κ2) is 7.59. The summed E-state index contributed by atoms with van der Waals surface area (Å²) in [6.45, 7) is 9.28. The Kier molecular flexibility index (Phi) is 5.43. The van der Waals surface area contributed by atoms with E-state index in [2.05, 4.69) is 22.2 Å². The van der Waals surface area contributed by atoms with Gasteiger partial charge in [0.15, 0.2) is 0 Å². The average Bonchev–Trinajstić information content (AvgIpc) is 3.14. The minimum absolute atomic E-state index is 0.265. The van der Waals surface area contributed by atoms with Crippen LogP contribution in [-0.2, 0) is 19.5 Å². The van der Waals surface area contributed by atoms with Crippen molar-refractivity contribution in [1.82, 2.24) is 14.7 Å². The summed E-state index contributed by atoms with van der Waals surface area (Å²) in [7, 11) is 0. The smallest absolute Gasteiger partial charge is 0.274 e. The van der Waals surface area contributed by atoms with Crippen LogP contribution in [0.5, 0.6) is 0 Å². The van der Waals surface area contributed by atoms with Gasteiger partial charge in [-0.1, -0.05) is 6.92 Å². The van der Waals surface area contributed by atoms with Gasteiger partial charge in [0.1, 0.15) is 10.7 Å². The van der Waals surface area contributed by atoms with E-state index in [1.165, 1.54) is 11.3 Å². The number of carbonyl (C=O) groups is 2. The molecule has 0 aromatic carbocycles. The highest BCUT2D eigenvalue weighted by molar-refractivity contribution is 7.17. The van der Waals surface area contributed by atoms with Crippen LogP contribution in [0.25, 0.3) is 0 Å². The van der Waals surface area contributed by atoms with Crippen molar-refractivity contribution >= 4 is 28.2 Å². The SMILES string of the molecule is CCCN1CCc2c(sc(NC(=O)c3cc(C)nn3CC)c2C(N)=O)C1. The number of nitrogens with two attached hydrogens (primary N) is 1. The lowest BCUT2D eigenvalue weighted by Crippen LogP contribution is -2.31. The van der Waals surface area contributed by atoms with Crippen LogP contribution < -0.4 is 11.1 Å². The molecule has 0 atom stereocenters. The van der Waals surface area contributed by atoms with Crippen LogP contribution in [0.2, 0.25) is 0 Å². The number of carbonyl (C=O) groups excluding carboxylic acids is 2. The van der Waals surface area contributed by atoms with Crippen molar-refractivity contribution in [2.45, 2.75) is 46.7 Å². The minimum atomic E-state index is -0.484. The number of aromatic nitrogens is 2. The van der Waals surface area contributed by atoms with Crippen LogP contribution in [0.3, 0.4) is 0 Å². The monoisotopic (exact) mass is 375 g/mol. The molecule has 1 aliphatic heterocycles. The van der Waals surface area contributed by atoms with E-state index < -0.39 is 5.91 Å². The molecule has 8 heteroatoms. The maximum atomic E-state index is 12.7. The standard InChI is InChI=1S/C18H25N5O2S/c1-4-7-22-8-6-12-14(10-22)26-18(15(12)16(19)24)20-17(25)13-9-11(3)21-23(13)5-2/h9H,4-8,10H2,1-3H3,(H2,19,24)(H,20,25). The predicted octanol–water partition coefficient (Wildman–Crippen LogP) is 2.39. The van der Waals surface area contributed by atoms with E-state index >= 15 is 0 Å². The number of hydrogen-bond acceptors (Lipinski definition) is 5. The van der Waals surface area contributed by atoms with Crippen LogP contribution in [0, 0.1) is 6.92 Å². The Morgan fingerprint density at radius 1 is 1.38 bits per heavy atom. The normalized spacial score (nSPS) is 14.3. The number of rotatable bonds is 6. The van der Waals surface area contributed by atoms with Gasteiger partial charge in [0.2, 0.25) is 0 Å². The van der Waals surface area contributed by atoms with Crippen molar-refractivity contribution in [2.24, 2.45) is 5.73 Å². The van der Waals surface area contributed by atoms with E-state index in [1.807, 2.05) is 13.8 Å². The molecule has 0 unspecified atom stereocenters. The zero-order chi connectivity index (χ0) is 18.8. The van der Waals surface area contributed by atoms with E-state index in [9.17, 15) is 9.59 Å². The molecule has 0 spiro atoms. The number of nitrogens with one attached hydrogen (secondary N) is 1. The third-order valence-corrected chi connectivity index (χ3v) is 5.72. The van der Waals surface area contributed by atoms with Crippen LogP contribution in [-0.4, -0.2) is 39.6 Å². The highest BCUT2D eigenvalue weighted by Crippen LogP contribution is 2.37. The molecule has 0 saturated carbocycles. The summed E-state index contributed by atoms with van der Waals surface area (Å²) in [5.74, 6) is -0.749. The summed E-state index contributed by atoms with van der Waals surface area (Å²) in [5, 5.41) is 7.75. The number of fused-ring (bicyclic) bond motifs is 1. The second-order valence-corrected chi connectivity index (χ2v) is 7.64. The zero-order valence-electron chi connectivity index (χ0n) is 15.5. The molecule has 140 valence electrons. The molecule has 0 saturated heterocycles. The van der Waals surface area contributed by atoms with Crippen molar-refractivity contribution in [3.8, 4) is 0 Å². The van der Waals surface area contributed by atoms with Gasteiger partial charge in [-0.05, 0) is 44.9 Å². The van der Waals surface area contributed by atoms with Gasteiger partial charge in [-0.15, -0.1) is 11.3 Å². The number of amides is 2. The molecule has 2 aromatic rings. The van der Waals surface area contributed by atoms with E-state index in [4.69, 9.17) is 5.73 Å². The molecule has 2 aromatic heterocycles. The molecule has 0 radical (unpaired) electrons. The third kappa shape index (κ3) is 3.52. The fourth-order valence-electron chi connectivity index (χ4n) is 3.45. The first-order valence-corrected chi connectivity index (χ1v) is 9.78. The largest absolute Gasteiger partial charge is 0.365 e. The Hall–Kier alpha value is -2.19. The number of hydrogen-bond donors (Lipinski definition) is 2.